The van der Waals surface area contributed by atoms with Crippen molar-refractivity contribution in [2.45, 2.75) is 24.9 Å². The molecule has 8 heteroatoms. The Morgan fingerprint density at radius 2 is 1.76 bits per heavy atom. The number of hydrogen-bond acceptors (Lipinski definition) is 6. The molecule has 0 unspecified atom stereocenters. The van der Waals surface area contributed by atoms with Gasteiger partial charge >= 0.3 is 5.97 Å². The molecule has 2 saturated heterocycles. The summed E-state index contributed by atoms with van der Waals surface area (Å²) in [6.07, 6.45) is 0.201. The standard InChI is InChI=1S/C30H29ClN2O5/c1-4-33-27(34)24-25(28(33)35)30(29(36)38-3,17-18-9-6-5-7-10-18)32-26(24)20-13-14-22(23(16-20)37-2)19-11-8-12-21(31)15-19/h5-16,24-26,32H,4,17H2,1-3H3/t24-,25-,26-,30-/m1/s1. The molecule has 0 aromatic heterocycles. The number of carbonyl (C=O) groups excluding carboxylic acids is 3. The van der Waals surface area contributed by atoms with Crippen LogP contribution in [-0.4, -0.2) is 49.0 Å². The van der Waals surface area contributed by atoms with Crippen LogP contribution in [0.25, 0.3) is 11.1 Å². The van der Waals surface area contributed by atoms with Gasteiger partial charge in [0.1, 0.15) is 11.3 Å². The van der Waals surface area contributed by atoms with E-state index < -0.39 is 29.4 Å². The van der Waals surface area contributed by atoms with Crippen molar-refractivity contribution >= 4 is 29.4 Å². The van der Waals surface area contributed by atoms with Crippen LogP contribution in [0.3, 0.4) is 0 Å². The first-order valence-corrected chi connectivity index (χ1v) is 12.9. The van der Waals surface area contributed by atoms with Gasteiger partial charge in [-0.1, -0.05) is 66.2 Å². The quantitative estimate of drug-likeness (QED) is 0.358. The van der Waals surface area contributed by atoms with Gasteiger partial charge in [-0.2, -0.15) is 0 Å². The third-order valence-corrected chi connectivity index (χ3v) is 7.89. The zero-order valence-electron chi connectivity index (χ0n) is 21.4. The molecule has 0 saturated carbocycles. The summed E-state index contributed by atoms with van der Waals surface area (Å²) in [5.74, 6) is -2.32. The highest BCUT2D eigenvalue weighted by molar-refractivity contribution is 6.30. The normalized spacial score (nSPS) is 24.4. The summed E-state index contributed by atoms with van der Waals surface area (Å²) in [6, 6.07) is 21.9. The lowest BCUT2D eigenvalue weighted by molar-refractivity contribution is -0.154. The SMILES string of the molecule is CCN1C(=O)[C@H]2[C@@H](c3ccc(-c4cccc(Cl)c4)c(OC)c3)N[C@@](Cc3ccccc3)(C(=O)OC)[C@H]2C1=O. The van der Waals surface area contributed by atoms with E-state index in [1.807, 2.05) is 66.7 Å². The molecule has 38 heavy (non-hydrogen) atoms. The Morgan fingerprint density at radius 3 is 2.42 bits per heavy atom. The number of halogens is 1. The number of nitrogens with zero attached hydrogens (tertiary/aromatic N) is 1. The van der Waals surface area contributed by atoms with E-state index in [1.54, 1.807) is 20.1 Å². The highest BCUT2D eigenvalue weighted by Gasteiger charge is 2.68. The van der Waals surface area contributed by atoms with Gasteiger partial charge in [0.15, 0.2) is 0 Å². The molecule has 1 N–H and O–H groups in total. The third-order valence-electron chi connectivity index (χ3n) is 7.66. The van der Waals surface area contributed by atoms with Crippen LogP contribution in [0.5, 0.6) is 5.75 Å². The fourth-order valence-corrected chi connectivity index (χ4v) is 6.17. The molecule has 2 heterocycles. The van der Waals surface area contributed by atoms with Crippen molar-refractivity contribution in [3.05, 3.63) is 88.9 Å². The van der Waals surface area contributed by atoms with Gasteiger partial charge in [-0.05, 0) is 41.8 Å². The zero-order valence-corrected chi connectivity index (χ0v) is 22.2. The van der Waals surface area contributed by atoms with Crippen LogP contribution in [0.15, 0.2) is 72.8 Å². The first-order valence-electron chi connectivity index (χ1n) is 12.5. The number of benzene rings is 3. The van der Waals surface area contributed by atoms with Crippen LogP contribution in [0.4, 0.5) is 0 Å². The molecule has 4 atom stereocenters. The number of nitrogens with one attached hydrogen (secondary N) is 1. The first kappa shape index (κ1) is 25.9. The second-order valence-corrected chi connectivity index (χ2v) is 10.1. The number of methoxy groups -OCH3 is 2. The largest absolute Gasteiger partial charge is 0.496 e. The van der Waals surface area contributed by atoms with Crippen molar-refractivity contribution in [1.82, 2.24) is 10.2 Å². The van der Waals surface area contributed by atoms with Crippen molar-refractivity contribution in [2.24, 2.45) is 11.8 Å². The molecule has 2 aliphatic heterocycles. The fourth-order valence-electron chi connectivity index (χ4n) is 5.98. The summed E-state index contributed by atoms with van der Waals surface area (Å²) in [5.41, 5.74) is 1.90. The van der Waals surface area contributed by atoms with E-state index in [1.165, 1.54) is 12.0 Å². The highest BCUT2D eigenvalue weighted by Crippen LogP contribution is 2.51. The van der Waals surface area contributed by atoms with E-state index in [0.29, 0.717) is 10.8 Å². The molecule has 0 radical (unpaired) electrons. The van der Waals surface area contributed by atoms with Crippen molar-refractivity contribution < 1.29 is 23.9 Å². The predicted octanol–water partition coefficient (Wildman–Crippen LogP) is 4.44. The predicted molar refractivity (Wildman–Crippen MR) is 144 cm³/mol. The fraction of sp³-hybridized carbons (Fsp3) is 0.300. The number of esters is 1. The van der Waals surface area contributed by atoms with Crippen LogP contribution in [0.1, 0.15) is 24.1 Å². The summed E-state index contributed by atoms with van der Waals surface area (Å²) in [4.78, 5) is 42.0. The minimum Gasteiger partial charge on any atom is -0.496 e. The van der Waals surface area contributed by atoms with Crippen LogP contribution >= 0.6 is 11.6 Å². The Hall–Kier alpha value is -3.68. The Morgan fingerprint density at radius 1 is 1.00 bits per heavy atom. The maximum Gasteiger partial charge on any atom is 0.327 e. The van der Waals surface area contributed by atoms with E-state index in [4.69, 9.17) is 21.1 Å². The Bertz CT molecular complexity index is 1390. The van der Waals surface area contributed by atoms with Gasteiger partial charge in [-0.25, -0.2) is 0 Å². The molecule has 3 aromatic carbocycles. The monoisotopic (exact) mass is 532 g/mol. The number of imide groups is 1. The molecular formula is C30H29ClN2O5. The Balaban J connectivity index is 1.63. The molecule has 5 rings (SSSR count). The molecular weight excluding hydrogens is 504 g/mol. The van der Waals surface area contributed by atoms with E-state index in [-0.39, 0.29) is 24.8 Å². The van der Waals surface area contributed by atoms with Gasteiger partial charge in [0.25, 0.3) is 0 Å². The first-order chi connectivity index (χ1) is 18.3. The lowest BCUT2D eigenvalue weighted by Gasteiger charge is -2.32. The van der Waals surface area contributed by atoms with Gasteiger partial charge < -0.3 is 9.47 Å². The molecule has 0 spiro atoms. The minimum atomic E-state index is -1.42. The lowest BCUT2D eigenvalue weighted by Crippen LogP contribution is -2.57. The van der Waals surface area contributed by atoms with Crippen molar-refractivity contribution in [3.63, 3.8) is 0 Å². The number of rotatable bonds is 7. The van der Waals surface area contributed by atoms with E-state index in [9.17, 15) is 14.4 Å². The van der Waals surface area contributed by atoms with E-state index in [0.717, 1.165) is 22.3 Å². The van der Waals surface area contributed by atoms with Crippen molar-refractivity contribution in [2.75, 3.05) is 20.8 Å². The molecule has 2 fully saturated rings. The minimum absolute atomic E-state index is 0.201. The highest BCUT2D eigenvalue weighted by atomic mass is 35.5. The van der Waals surface area contributed by atoms with Crippen molar-refractivity contribution in [1.29, 1.82) is 0 Å². The van der Waals surface area contributed by atoms with Gasteiger partial charge in [0, 0.05) is 29.6 Å². The summed E-state index contributed by atoms with van der Waals surface area (Å²) in [7, 11) is 2.88. The number of likely N-dealkylation sites (tertiary alicyclic amines) is 1. The van der Waals surface area contributed by atoms with Gasteiger partial charge in [0.2, 0.25) is 11.8 Å². The summed E-state index contributed by atoms with van der Waals surface area (Å²) in [5, 5.41) is 4.03. The van der Waals surface area contributed by atoms with Crippen LogP contribution < -0.4 is 10.1 Å². The average molecular weight is 533 g/mol. The van der Waals surface area contributed by atoms with Gasteiger partial charge in [0.05, 0.1) is 26.1 Å². The molecule has 7 nitrogen and oxygen atoms in total. The number of fused-ring (bicyclic) bond motifs is 1. The van der Waals surface area contributed by atoms with E-state index in [2.05, 4.69) is 5.32 Å². The molecule has 0 aliphatic carbocycles. The third kappa shape index (κ3) is 4.16. The second kappa shape index (κ2) is 10.2. The maximum atomic E-state index is 13.6. The molecule has 2 amide bonds. The number of ether oxygens (including phenoxy) is 2. The summed E-state index contributed by atoms with van der Waals surface area (Å²) in [6.45, 7) is 2.00. The number of hydrogen-bond donors (Lipinski definition) is 1. The van der Waals surface area contributed by atoms with Gasteiger partial charge in [-0.3, -0.25) is 24.6 Å². The van der Waals surface area contributed by atoms with Gasteiger partial charge in [-0.15, -0.1) is 0 Å². The number of carbonyl (C=O) groups is 3. The lowest BCUT2D eigenvalue weighted by atomic mass is 9.76. The maximum absolute atomic E-state index is 13.6. The number of amides is 2. The summed E-state index contributed by atoms with van der Waals surface area (Å²) >= 11 is 6.22. The topological polar surface area (TPSA) is 84.9 Å². The van der Waals surface area contributed by atoms with Crippen LogP contribution in [0.2, 0.25) is 5.02 Å². The zero-order chi connectivity index (χ0) is 27.0. The second-order valence-electron chi connectivity index (χ2n) is 9.64. The Kier molecular flexibility index (Phi) is 6.99. The van der Waals surface area contributed by atoms with Crippen LogP contribution in [0, 0.1) is 11.8 Å². The van der Waals surface area contributed by atoms with E-state index >= 15 is 0 Å². The summed E-state index contributed by atoms with van der Waals surface area (Å²) < 4.78 is 11.0. The van der Waals surface area contributed by atoms with Crippen LogP contribution in [-0.2, 0) is 25.5 Å². The molecule has 0 bridgehead atoms. The Labute approximate surface area is 226 Å². The molecule has 196 valence electrons. The van der Waals surface area contributed by atoms with Crippen molar-refractivity contribution in [3.8, 4) is 16.9 Å². The molecule has 2 aliphatic rings. The smallest absolute Gasteiger partial charge is 0.327 e. The molecule has 3 aromatic rings. The average Bonchev–Trinajstić information content (AvgIpc) is 3.41.